The quantitative estimate of drug-likeness (QED) is 0.544. The van der Waals surface area contributed by atoms with Crippen molar-refractivity contribution in [3.05, 3.63) is 70.4 Å². The fourth-order valence-electron chi connectivity index (χ4n) is 3.61. The van der Waals surface area contributed by atoms with Crippen LogP contribution in [0.1, 0.15) is 32.7 Å². The summed E-state index contributed by atoms with van der Waals surface area (Å²) in [7, 11) is 1.60. The lowest BCUT2D eigenvalue weighted by atomic mass is 9.90. The molecule has 3 N–H and O–H groups in total. The topological polar surface area (TPSA) is 120 Å². The van der Waals surface area contributed by atoms with Gasteiger partial charge >= 0.3 is 5.97 Å². The molecule has 1 fully saturated rings. The van der Waals surface area contributed by atoms with Gasteiger partial charge in [-0.15, -0.1) is 0 Å². The number of benzene rings is 2. The van der Waals surface area contributed by atoms with Gasteiger partial charge < -0.3 is 15.1 Å². The molecule has 8 nitrogen and oxygen atoms in total. The van der Waals surface area contributed by atoms with Crippen LogP contribution in [-0.4, -0.2) is 51.5 Å². The summed E-state index contributed by atoms with van der Waals surface area (Å²) < 4.78 is 14.7. The van der Waals surface area contributed by atoms with Gasteiger partial charge in [0.25, 0.3) is 11.8 Å². The van der Waals surface area contributed by atoms with E-state index in [0.29, 0.717) is 29.0 Å². The second-order valence-corrected chi connectivity index (χ2v) is 8.31. The highest BCUT2D eigenvalue weighted by atomic mass is 32.1. The second-order valence-electron chi connectivity index (χ2n) is 7.36. The Morgan fingerprint density at radius 2 is 1.91 bits per heavy atom. The number of carbonyl (C=O) groups excluding carboxylic acids is 2. The smallest absolute Gasteiger partial charge is 0.336 e. The predicted octanol–water partition coefficient (Wildman–Crippen LogP) is 2.95. The van der Waals surface area contributed by atoms with Crippen molar-refractivity contribution in [3.63, 3.8) is 0 Å². The number of aromatic carboxylic acids is 1. The van der Waals surface area contributed by atoms with Gasteiger partial charge in [0.05, 0.1) is 11.1 Å². The minimum absolute atomic E-state index is 0.0523. The molecule has 10 heteroatoms. The number of thiazole rings is 1. The largest absolute Gasteiger partial charge is 0.478 e. The zero-order valence-corrected chi connectivity index (χ0v) is 17.6. The average molecular weight is 455 g/mol. The van der Waals surface area contributed by atoms with Crippen molar-refractivity contribution < 1.29 is 29.0 Å². The lowest BCUT2D eigenvalue weighted by Gasteiger charge is -2.21. The van der Waals surface area contributed by atoms with Gasteiger partial charge in [0.1, 0.15) is 5.69 Å². The molecule has 3 aromatic rings. The number of halogens is 1. The molecular formula is C22H18FN3O5S. The number of nitrogens with one attached hydrogen (secondary N) is 1. The standard InChI is InChI=1S/C22H18FN3O5S/c1-26-10-9-22(31,20(26)30)13-6-4-5-12(11-13)16-17(23)32-21(24-16)25-18(27)14-7-2-3-8-15(14)19(28)29/h2-8,11,31H,9-10H2,1H3,(H,28,29)(H,24,25,27). The van der Waals surface area contributed by atoms with E-state index >= 15 is 0 Å². The van der Waals surface area contributed by atoms with Crippen LogP contribution in [0.5, 0.6) is 0 Å². The minimum Gasteiger partial charge on any atom is -0.478 e. The summed E-state index contributed by atoms with van der Waals surface area (Å²) in [4.78, 5) is 41.8. The average Bonchev–Trinajstić information content (AvgIpc) is 3.28. The summed E-state index contributed by atoms with van der Waals surface area (Å²) in [6.07, 6.45) is 0.218. The van der Waals surface area contributed by atoms with Crippen molar-refractivity contribution in [2.24, 2.45) is 0 Å². The molecule has 32 heavy (non-hydrogen) atoms. The van der Waals surface area contributed by atoms with Crippen LogP contribution >= 0.6 is 11.3 Å². The number of carbonyl (C=O) groups is 3. The monoisotopic (exact) mass is 455 g/mol. The molecule has 4 rings (SSSR count). The van der Waals surface area contributed by atoms with Crippen LogP contribution in [0.2, 0.25) is 0 Å². The van der Waals surface area contributed by atoms with E-state index < -0.39 is 28.5 Å². The first-order chi connectivity index (χ1) is 15.2. The van der Waals surface area contributed by atoms with E-state index in [4.69, 9.17) is 0 Å². The molecule has 0 aliphatic carbocycles. The van der Waals surface area contributed by atoms with Crippen LogP contribution in [0.15, 0.2) is 48.5 Å². The molecule has 1 aliphatic heterocycles. The Hall–Kier alpha value is -3.63. The van der Waals surface area contributed by atoms with Gasteiger partial charge in [0.15, 0.2) is 10.7 Å². The Balaban J connectivity index is 1.62. The summed E-state index contributed by atoms with van der Waals surface area (Å²) >= 11 is 0.590. The van der Waals surface area contributed by atoms with E-state index in [2.05, 4.69) is 10.3 Å². The molecule has 2 aromatic carbocycles. The third kappa shape index (κ3) is 3.74. The molecule has 0 bridgehead atoms. The fraction of sp³-hybridized carbons (Fsp3) is 0.182. The zero-order chi connectivity index (χ0) is 23.0. The second kappa shape index (κ2) is 8.13. The highest BCUT2D eigenvalue weighted by Crippen LogP contribution is 2.36. The Kier molecular flexibility index (Phi) is 5.49. The maximum atomic E-state index is 14.7. The molecule has 0 spiro atoms. The third-order valence-corrected chi connectivity index (χ3v) is 6.09. The first-order valence-corrected chi connectivity index (χ1v) is 10.4. The van der Waals surface area contributed by atoms with E-state index in [1.807, 2.05) is 0 Å². The van der Waals surface area contributed by atoms with Crippen LogP contribution < -0.4 is 5.32 Å². The van der Waals surface area contributed by atoms with Crippen LogP contribution in [-0.2, 0) is 10.4 Å². The molecule has 164 valence electrons. The molecule has 1 saturated heterocycles. The molecule has 2 amide bonds. The number of rotatable bonds is 5. The summed E-state index contributed by atoms with van der Waals surface area (Å²) in [5, 5.41) is 21.8. The number of hydrogen-bond donors (Lipinski definition) is 3. The Labute approximate surface area is 186 Å². The molecular weight excluding hydrogens is 437 g/mol. The predicted molar refractivity (Wildman–Crippen MR) is 115 cm³/mol. The van der Waals surface area contributed by atoms with Crippen LogP contribution in [0, 0.1) is 5.13 Å². The van der Waals surface area contributed by atoms with E-state index in [9.17, 15) is 29.0 Å². The first kappa shape index (κ1) is 21.6. The number of aromatic nitrogens is 1. The number of likely N-dealkylation sites (N-methyl/N-ethyl adjacent to an activating group) is 1. The molecule has 0 saturated carbocycles. The van der Waals surface area contributed by atoms with Crippen molar-refractivity contribution in [1.82, 2.24) is 9.88 Å². The van der Waals surface area contributed by atoms with Crippen molar-refractivity contribution in [2.45, 2.75) is 12.0 Å². The number of nitrogens with zero attached hydrogens (tertiary/aromatic N) is 2. The summed E-state index contributed by atoms with van der Waals surface area (Å²) in [5.41, 5.74) is -1.34. The number of anilines is 1. The van der Waals surface area contributed by atoms with Crippen molar-refractivity contribution in [1.29, 1.82) is 0 Å². The maximum Gasteiger partial charge on any atom is 0.336 e. The summed E-state index contributed by atoms with van der Waals surface area (Å²) in [6.45, 7) is 0.401. The van der Waals surface area contributed by atoms with Crippen LogP contribution in [0.4, 0.5) is 9.52 Å². The molecule has 1 aromatic heterocycles. The maximum absolute atomic E-state index is 14.7. The van der Waals surface area contributed by atoms with E-state index in [0.717, 1.165) is 0 Å². The Morgan fingerprint density at radius 3 is 2.56 bits per heavy atom. The van der Waals surface area contributed by atoms with Gasteiger partial charge in [0, 0.05) is 25.6 Å². The van der Waals surface area contributed by atoms with E-state index in [-0.39, 0.29) is 28.4 Å². The molecule has 1 unspecified atom stereocenters. The fourth-order valence-corrected chi connectivity index (χ4v) is 4.32. The third-order valence-electron chi connectivity index (χ3n) is 5.33. The van der Waals surface area contributed by atoms with E-state index in [1.165, 1.54) is 35.2 Å². The van der Waals surface area contributed by atoms with Gasteiger partial charge in [-0.3, -0.25) is 14.9 Å². The number of likely N-dealkylation sites (tertiary alicyclic amines) is 1. The Morgan fingerprint density at radius 1 is 1.19 bits per heavy atom. The van der Waals surface area contributed by atoms with Gasteiger partial charge in [-0.05, 0) is 23.8 Å². The lowest BCUT2D eigenvalue weighted by molar-refractivity contribution is -0.143. The van der Waals surface area contributed by atoms with Crippen molar-refractivity contribution in [2.75, 3.05) is 18.9 Å². The van der Waals surface area contributed by atoms with E-state index in [1.54, 1.807) is 25.2 Å². The number of aliphatic hydroxyl groups is 1. The Bertz CT molecular complexity index is 1240. The summed E-state index contributed by atoms with van der Waals surface area (Å²) in [5.74, 6) is -2.42. The number of amides is 2. The SMILES string of the molecule is CN1CCC(O)(c2cccc(-c3nc(NC(=O)c4ccccc4C(=O)O)sc3F)c2)C1=O. The summed E-state index contributed by atoms with van der Waals surface area (Å²) in [6, 6.07) is 11.9. The normalized spacial score (nSPS) is 18.1. The van der Waals surface area contributed by atoms with Crippen molar-refractivity contribution >= 4 is 34.3 Å². The highest BCUT2D eigenvalue weighted by Gasteiger charge is 2.45. The molecule has 0 radical (unpaired) electrons. The molecule has 1 aliphatic rings. The van der Waals surface area contributed by atoms with Gasteiger partial charge in [-0.25, -0.2) is 9.78 Å². The molecule has 2 heterocycles. The van der Waals surface area contributed by atoms with Gasteiger partial charge in [-0.1, -0.05) is 41.7 Å². The number of hydrogen-bond acceptors (Lipinski definition) is 6. The first-order valence-electron chi connectivity index (χ1n) is 9.59. The zero-order valence-electron chi connectivity index (χ0n) is 16.8. The van der Waals surface area contributed by atoms with Gasteiger partial charge in [-0.2, -0.15) is 4.39 Å². The lowest BCUT2D eigenvalue weighted by Crippen LogP contribution is -2.36. The highest BCUT2D eigenvalue weighted by molar-refractivity contribution is 7.14. The minimum atomic E-state index is -1.69. The number of carboxylic acids is 1. The van der Waals surface area contributed by atoms with Crippen molar-refractivity contribution in [3.8, 4) is 11.3 Å². The van der Waals surface area contributed by atoms with Crippen LogP contribution in [0.25, 0.3) is 11.3 Å². The molecule has 1 atom stereocenters. The number of carboxylic acid groups (broad SMARTS) is 1. The van der Waals surface area contributed by atoms with Crippen LogP contribution in [0.3, 0.4) is 0 Å². The van der Waals surface area contributed by atoms with Gasteiger partial charge in [0.2, 0.25) is 5.13 Å².